The minimum atomic E-state index is -0.818. The van der Waals surface area contributed by atoms with Gasteiger partial charge in [-0.3, -0.25) is 14.5 Å². The molecule has 2 rings (SSSR count). The first-order valence-corrected chi connectivity index (χ1v) is 6.48. The Bertz CT molecular complexity index is 528. The van der Waals surface area contributed by atoms with E-state index in [-0.39, 0.29) is 29.0 Å². The molecule has 0 radical (unpaired) electrons. The molecule has 1 fully saturated rings. The monoisotopic (exact) mass is 332 g/mol. The molecule has 19 heavy (non-hydrogen) atoms. The van der Waals surface area contributed by atoms with Crippen LogP contribution in [0.2, 0.25) is 0 Å². The molecule has 4 nitrogen and oxygen atoms in total. The molecule has 102 valence electrons. The number of nitrogens with one attached hydrogen (secondary N) is 1. The first-order chi connectivity index (χ1) is 8.93. The number of nitrogens with zero attached hydrogens (tertiary/aromatic N) is 1. The SMILES string of the molecule is CCN1C(=O)CC(Nc2c(F)cc(F)cc2Br)C1=O. The van der Waals surface area contributed by atoms with Crippen LogP contribution in [0, 0.1) is 11.6 Å². The van der Waals surface area contributed by atoms with E-state index in [0.29, 0.717) is 6.07 Å². The first kappa shape index (κ1) is 13.9. The van der Waals surface area contributed by atoms with E-state index in [1.54, 1.807) is 6.92 Å². The number of imide groups is 1. The molecule has 0 spiro atoms. The molecular formula is C12H11BrF2N2O2. The predicted octanol–water partition coefficient (Wildman–Crippen LogP) is 2.29. The lowest BCUT2D eigenvalue weighted by atomic mass is 10.2. The highest BCUT2D eigenvalue weighted by atomic mass is 79.9. The van der Waals surface area contributed by atoms with Crippen molar-refractivity contribution in [3.05, 3.63) is 28.2 Å². The van der Waals surface area contributed by atoms with E-state index < -0.39 is 23.6 Å². The van der Waals surface area contributed by atoms with Crippen molar-refractivity contribution < 1.29 is 18.4 Å². The number of likely N-dealkylation sites (tertiary alicyclic amines) is 1. The summed E-state index contributed by atoms with van der Waals surface area (Å²) in [6, 6.07) is 0.986. The fourth-order valence-corrected chi connectivity index (χ4v) is 2.50. The van der Waals surface area contributed by atoms with E-state index in [9.17, 15) is 18.4 Å². The van der Waals surface area contributed by atoms with Crippen LogP contribution in [0.15, 0.2) is 16.6 Å². The zero-order valence-corrected chi connectivity index (χ0v) is 11.6. The van der Waals surface area contributed by atoms with Gasteiger partial charge in [-0.25, -0.2) is 8.78 Å². The highest BCUT2D eigenvalue weighted by molar-refractivity contribution is 9.10. The van der Waals surface area contributed by atoms with Gasteiger partial charge in [0.15, 0.2) is 0 Å². The lowest BCUT2D eigenvalue weighted by molar-refractivity contribution is -0.138. The highest BCUT2D eigenvalue weighted by Gasteiger charge is 2.38. The van der Waals surface area contributed by atoms with Gasteiger partial charge in [0.05, 0.1) is 12.1 Å². The van der Waals surface area contributed by atoms with Crippen LogP contribution in [-0.4, -0.2) is 29.3 Å². The van der Waals surface area contributed by atoms with E-state index in [1.165, 1.54) is 0 Å². The molecule has 7 heteroatoms. The Morgan fingerprint density at radius 2 is 2.11 bits per heavy atom. The molecule has 1 aliphatic rings. The summed E-state index contributed by atoms with van der Waals surface area (Å²) in [7, 11) is 0. The Morgan fingerprint density at radius 3 is 2.63 bits per heavy atom. The van der Waals surface area contributed by atoms with Gasteiger partial charge in [-0.15, -0.1) is 0 Å². The number of anilines is 1. The summed E-state index contributed by atoms with van der Waals surface area (Å²) >= 11 is 3.02. The summed E-state index contributed by atoms with van der Waals surface area (Å²) in [5, 5.41) is 2.65. The quantitative estimate of drug-likeness (QED) is 0.864. The minimum Gasteiger partial charge on any atom is -0.370 e. The van der Waals surface area contributed by atoms with Gasteiger partial charge in [-0.1, -0.05) is 0 Å². The normalized spacial score (nSPS) is 19.2. The van der Waals surface area contributed by atoms with Crippen LogP contribution in [0.5, 0.6) is 0 Å². The maximum Gasteiger partial charge on any atom is 0.252 e. The van der Waals surface area contributed by atoms with Crippen LogP contribution in [0.3, 0.4) is 0 Å². The fraction of sp³-hybridized carbons (Fsp3) is 0.333. The van der Waals surface area contributed by atoms with Gasteiger partial charge in [0, 0.05) is 17.1 Å². The lowest BCUT2D eigenvalue weighted by Crippen LogP contribution is -2.34. The van der Waals surface area contributed by atoms with Gasteiger partial charge in [0.1, 0.15) is 17.7 Å². The molecule has 0 saturated carbocycles. The van der Waals surface area contributed by atoms with Crippen LogP contribution >= 0.6 is 15.9 Å². The van der Waals surface area contributed by atoms with Crippen molar-refractivity contribution in [1.82, 2.24) is 4.90 Å². The number of carbonyl (C=O) groups is 2. The third-order valence-corrected chi connectivity index (χ3v) is 3.51. The standard InChI is InChI=1S/C12H11BrF2N2O2/c1-2-17-10(18)5-9(12(17)19)16-11-7(13)3-6(14)4-8(11)15/h3-4,9,16H,2,5H2,1H3. The average molecular weight is 333 g/mol. The van der Waals surface area contributed by atoms with Crippen LogP contribution in [0.25, 0.3) is 0 Å². The van der Waals surface area contributed by atoms with Crippen molar-refractivity contribution in [2.75, 3.05) is 11.9 Å². The van der Waals surface area contributed by atoms with Gasteiger partial charge < -0.3 is 5.32 Å². The summed E-state index contributed by atoms with van der Waals surface area (Å²) in [6.07, 6.45) is -0.0318. The number of halogens is 3. The molecule has 1 N–H and O–H groups in total. The first-order valence-electron chi connectivity index (χ1n) is 5.69. The van der Waals surface area contributed by atoms with E-state index in [2.05, 4.69) is 21.2 Å². The summed E-state index contributed by atoms with van der Waals surface area (Å²) in [5.41, 5.74) is -0.0227. The number of benzene rings is 1. The zero-order chi connectivity index (χ0) is 14.2. The third kappa shape index (κ3) is 2.60. The molecule has 1 aliphatic heterocycles. The molecular weight excluding hydrogens is 322 g/mol. The number of hydrogen-bond acceptors (Lipinski definition) is 3. The Balaban J connectivity index is 2.24. The topological polar surface area (TPSA) is 49.4 Å². The number of hydrogen-bond donors (Lipinski definition) is 1. The molecule has 1 atom stereocenters. The molecule has 1 saturated heterocycles. The van der Waals surface area contributed by atoms with Gasteiger partial charge >= 0.3 is 0 Å². The maximum absolute atomic E-state index is 13.6. The number of rotatable bonds is 3. The predicted molar refractivity (Wildman–Crippen MR) is 68.5 cm³/mol. The van der Waals surface area contributed by atoms with Crippen molar-refractivity contribution in [3.63, 3.8) is 0 Å². The van der Waals surface area contributed by atoms with Crippen molar-refractivity contribution in [2.45, 2.75) is 19.4 Å². The zero-order valence-electron chi connectivity index (χ0n) is 10.0. The van der Waals surface area contributed by atoms with Crippen LogP contribution < -0.4 is 5.32 Å². The smallest absolute Gasteiger partial charge is 0.252 e. The van der Waals surface area contributed by atoms with Crippen LogP contribution in [-0.2, 0) is 9.59 Å². The Labute approximate surface area is 116 Å². The number of likely N-dealkylation sites (N-methyl/N-ethyl adjacent to an activating group) is 1. The molecule has 1 unspecified atom stereocenters. The van der Waals surface area contributed by atoms with Crippen molar-refractivity contribution in [2.24, 2.45) is 0 Å². The van der Waals surface area contributed by atoms with E-state index in [1.807, 2.05) is 0 Å². The highest BCUT2D eigenvalue weighted by Crippen LogP contribution is 2.29. The summed E-state index contributed by atoms with van der Waals surface area (Å²) in [5.74, 6) is -2.24. The third-order valence-electron chi connectivity index (χ3n) is 2.89. The second kappa shape index (κ2) is 5.24. The summed E-state index contributed by atoms with van der Waals surface area (Å²) in [4.78, 5) is 24.5. The van der Waals surface area contributed by atoms with E-state index >= 15 is 0 Å². The Kier molecular flexibility index (Phi) is 3.84. The molecule has 2 amide bonds. The van der Waals surface area contributed by atoms with Crippen LogP contribution in [0.1, 0.15) is 13.3 Å². The number of carbonyl (C=O) groups excluding carboxylic acids is 2. The van der Waals surface area contributed by atoms with Crippen molar-refractivity contribution >= 4 is 33.4 Å². The van der Waals surface area contributed by atoms with E-state index in [0.717, 1.165) is 11.0 Å². The van der Waals surface area contributed by atoms with Gasteiger partial charge in [0.2, 0.25) is 5.91 Å². The largest absolute Gasteiger partial charge is 0.370 e. The van der Waals surface area contributed by atoms with Gasteiger partial charge in [-0.05, 0) is 28.9 Å². The number of amides is 2. The van der Waals surface area contributed by atoms with Crippen molar-refractivity contribution in [1.29, 1.82) is 0 Å². The molecule has 0 bridgehead atoms. The average Bonchev–Trinajstić information content (AvgIpc) is 2.58. The molecule has 1 aromatic carbocycles. The molecule has 1 heterocycles. The minimum absolute atomic E-state index is 0.0227. The van der Waals surface area contributed by atoms with Crippen molar-refractivity contribution in [3.8, 4) is 0 Å². The summed E-state index contributed by atoms with van der Waals surface area (Å²) in [6.45, 7) is 1.97. The Morgan fingerprint density at radius 1 is 1.42 bits per heavy atom. The maximum atomic E-state index is 13.6. The second-order valence-corrected chi connectivity index (χ2v) is 4.98. The van der Waals surface area contributed by atoms with Gasteiger partial charge in [-0.2, -0.15) is 0 Å². The Hall–Kier alpha value is -1.50. The molecule has 0 aliphatic carbocycles. The molecule has 0 aromatic heterocycles. The van der Waals surface area contributed by atoms with Gasteiger partial charge in [0.25, 0.3) is 5.91 Å². The fourth-order valence-electron chi connectivity index (χ4n) is 1.98. The summed E-state index contributed by atoms with van der Waals surface area (Å²) < 4.78 is 26.7. The molecule has 1 aromatic rings. The van der Waals surface area contributed by atoms with Crippen LogP contribution in [0.4, 0.5) is 14.5 Å². The lowest BCUT2D eigenvalue weighted by Gasteiger charge is -2.15. The van der Waals surface area contributed by atoms with E-state index in [4.69, 9.17) is 0 Å². The second-order valence-electron chi connectivity index (χ2n) is 4.12.